The zero-order valence-electron chi connectivity index (χ0n) is 7.55. The lowest BCUT2D eigenvalue weighted by atomic mass is 10.1. The van der Waals surface area contributed by atoms with Crippen LogP contribution in [-0.4, -0.2) is 12.1 Å². The molecule has 2 rings (SSSR count). The van der Waals surface area contributed by atoms with Crippen LogP contribution < -0.4 is 0 Å². The van der Waals surface area contributed by atoms with Crippen LogP contribution in [0.3, 0.4) is 0 Å². The summed E-state index contributed by atoms with van der Waals surface area (Å²) in [6, 6.07) is 9.52. The minimum absolute atomic E-state index is 0.0683. The lowest BCUT2D eigenvalue weighted by Gasteiger charge is -2.08. The van der Waals surface area contributed by atoms with Gasteiger partial charge < -0.3 is 9.47 Å². The molecule has 72 valence electrons. The lowest BCUT2D eigenvalue weighted by molar-refractivity contribution is -0.140. The molecule has 1 aliphatic heterocycles. The van der Waals surface area contributed by atoms with Crippen LogP contribution in [0.15, 0.2) is 42.9 Å². The number of ether oxygens (including phenoxy) is 2. The average molecular weight is 190 g/mol. The van der Waals surface area contributed by atoms with E-state index in [0.717, 1.165) is 5.56 Å². The second kappa shape index (κ2) is 3.96. The molecule has 1 heterocycles. The van der Waals surface area contributed by atoms with Gasteiger partial charge in [0.25, 0.3) is 6.29 Å². The molecule has 0 spiro atoms. The van der Waals surface area contributed by atoms with Gasteiger partial charge in [-0.1, -0.05) is 30.3 Å². The van der Waals surface area contributed by atoms with Crippen molar-refractivity contribution < 1.29 is 14.3 Å². The molecule has 0 unspecified atom stereocenters. The normalized spacial score (nSPS) is 14.9. The van der Waals surface area contributed by atoms with E-state index in [9.17, 15) is 4.79 Å². The molecule has 1 aromatic rings. The second-order valence-corrected chi connectivity index (χ2v) is 3.00. The fourth-order valence-electron chi connectivity index (χ4n) is 1.27. The molecule has 1 aliphatic rings. The van der Waals surface area contributed by atoms with Crippen molar-refractivity contribution in [2.45, 2.75) is 12.7 Å². The third-order valence-corrected chi connectivity index (χ3v) is 1.94. The van der Waals surface area contributed by atoms with Crippen molar-refractivity contribution in [1.29, 1.82) is 0 Å². The maximum absolute atomic E-state index is 11.5. The summed E-state index contributed by atoms with van der Waals surface area (Å²) in [6.45, 7) is 0. The highest BCUT2D eigenvalue weighted by atomic mass is 16.7. The van der Waals surface area contributed by atoms with Crippen LogP contribution >= 0.6 is 0 Å². The predicted molar refractivity (Wildman–Crippen MR) is 50.3 cm³/mol. The topological polar surface area (TPSA) is 35.5 Å². The lowest BCUT2D eigenvalue weighted by Crippen LogP contribution is -2.22. The Balaban J connectivity index is 1.95. The summed E-state index contributed by atoms with van der Waals surface area (Å²) in [5.74, 6) is -0.0683. The Labute approximate surface area is 81.9 Å². The highest BCUT2D eigenvalue weighted by Gasteiger charge is 2.22. The monoisotopic (exact) mass is 190 g/mol. The Bertz CT molecular complexity index is 335. The highest BCUT2D eigenvalue weighted by Crippen LogP contribution is 2.10. The molecular weight excluding hydrogens is 180 g/mol. The zero-order chi connectivity index (χ0) is 9.80. The van der Waals surface area contributed by atoms with Gasteiger partial charge in [0, 0.05) is 6.42 Å². The van der Waals surface area contributed by atoms with E-state index in [1.54, 1.807) is 0 Å². The van der Waals surface area contributed by atoms with Gasteiger partial charge >= 0.3 is 0 Å². The Kier molecular flexibility index (Phi) is 2.49. The minimum Gasteiger partial charge on any atom is -0.452 e. The first kappa shape index (κ1) is 8.81. The van der Waals surface area contributed by atoms with Crippen molar-refractivity contribution in [3.8, 4) is 0 Å². The zero-order valence-corrected chi connectivity index (χ0v) is 7.55. The molecule has 0 amide bonds. The molecule has 0 saturated carbocycles. The fourth-order valence-corrected chi connectivity index (χ4v) is 1.27. The standard InChI is InChI=1S/C11H10O3/c12-10(11-13-6-7-14-11)8-9-4-2-1-3-5-9/h1-7,11H,8H2. The van der Waals surface area contributed by atoms with Crippen molar-refractivity contribution in [3.63, 3.8) is 0 Å². The van der Waals surface area contributed by atoms with Crippen LogP contribution in [0.1, 0.15) is 5.56 Å². The molecule has 0 aliphatic carbocycles. The first-order chi connectivity index (χ1) is 6.86. The van der Waals surface area contributed by atoms with Crippen LogP contribution in [0.4, 0.5) is 0 Å². The smallest absolute Gasteiger partial charge is 0.299 e. The van der Waals surface area contributed by atoms with Crippen LogP contribution in [0, 0.1) is 0 Å². The maximum Gasteiger partial charge on any atom is 0.299 e. The van der Waals surface area contributed by atoms with E-state index in [4.69, 9.17) is 9.47 Å². The summed E-state index contributed by atoms with van der Waals surface area (Å²) in [5.41, 5.74) is 0.969. The maximum atomic E-state index is 11.5. The van der Waals surface area contributed by atoms with Crippen molar-refractivity contribution in [3.05, 3.63) is 48.4 Å². The van der Waals surface area contributed by atoms with Crippen molar-refractivity contribution >= 4 is 5.78 Å². The van der Waals surface area contributed by atoms with Gasteiger partial charge in [-0.25, -0.2) is 0 Å². The Morgan fingerprint density at radius 1 is 1.14 bits per heavy atom. The van der Waals surface area contributed by atoms with E-state index in [-0.39, 0.29) is 5.78 Å². The Morgan fingerprint density at radius 2 is 1.79 bits per heavy atom. The van der Waals surface area contributed by atoms with Gasteiger partial charge in [0.15, 0.2) is 0 Å². The molecule has 1 aromatic carbocycles. The van der Waals surface area contributed by atoms with E-state index >= 15 is 0 Å². The third kappa shape index (κ3) is 1.93. The number of carbonyl (C=O) groups is 1. The Morgan fingerprint density at radius 3 is 2.43 bits per heavy atom. The molecule has 3 nitrogen and oxygen atoms in total. The summed E-state index contributed by atoms with van der Waals surface area (Å²) >= 11 is 0. The van der Waals surface area contributed by atoms with E-state index in [1.807, 2.05) is 30.3 Å². The summed E-state index contributed by atoms with van der Waals surface area (Å²) in [6.07, 6.45) is 2.35. The number of carbonyl (C=O) groups excluding carboxylic acids is 1. The van der Waals surface area contributed by atoms with Gasteiger partial charge in [0.1, 0.15) is 12.5 Å². The SMILES string of the molecule is O=C(Cc1ccccc1)C1OC=CO1. The number of ketones is 1. The molecular formula is C11H10O3. The quantitative estimate of drug-likeness (QED) is 0.726. The van der Waals surface area contributed by atoms with E-state index in [0.29, 0.717) is 6.42 Å². The minimum atomic E-state index is -0.754. The fraction of sp³-hybridized carbons (Fsp3) is 0.182. The third-order valence-electron chi connectivity index (χ3n) is 1.94. The van der Waals surface area contributed by atoms with Crippen molar-refractivity contribution in [2.24, 2.45) is 0 Å². The van der Waals surface area contributed by atoms with Crippen LogP contribution in [-0.2, 0) is 20.7 Å². The number of benzene rings is 1. The number of hydrogen-bond donors (Lipinski definition) is 0. The highest BCUT2D eigenvalue weighted by molar-refractivity contribution is 5.84. The van der Waals surface area contributed by atoms with Gasteiger partial charge in [-0.3, -0.25) is 4.79 Å². The molecule has 0 N–H and O–H groups in total. The molecule has 0 fully saturated rings. The summed E-state index contributed by atoms with van der Waals surface area (Å²) in [4.78, 5) is 11.5. The predicted octanol–water partition coefficient (Wildman–Crippen LogP) is 1.64. The molecule has 0 atom stereocenters. The van der Waals surface area contributed by atoms with Gasteiger partial charge in [0.2, 0.25) is 5.78 Å². The Hall–Kier alpha value is -1.77. The van der Waals surface area contributed by atoms with Crippen LogP contribution in [0.2, 0.25) is 0 Å². The van der Waals surface area contributed by atoms with E-state index in [1.165, 1.54) is 12.5 Å². The van der Waals surface area contributed by atoms with Crippen LogP contribution in [0.25, 0.3) is 0 Å². The molecule has 0 saturated heterocycles. The summed E-state index contributed by atoms with van der Waals surface area (Å²) < 4.78 is 9.87. The van der Waals surface area contributed by atoms with Crippen molar-refractivity contribution in [1.82, 2.24) is 0 Å². The number of hydrogen-bond acceptors (Lipinski definition) is 3. The molecule has 0 radical (unpaired) electrons. The summed E-state index contributed by atoms with van der Waals surface area (Å²) in [5, 5.41) is 0. The number of rotatable bonds is 3. The van der Waals surface area contributed by atoms with E-state index in [2.05, 4.69) is 0 Å². The average Bonchev–Trinajstić information content (AvgIpc) is 2.72. The first-order valence-corrected chi connectivity index (χ1v) is 4.39. The van der Waals surface area contributed by atoms with Gasteiger partial charge in [0.05, 0.1) is 0 Å². The van der Waals surface area contributed by atoms with Crippen molar-refractivity contribution in [2.75, 3.05) is 0 Å². The first-order valence-electron chi connectivity index (χ1n) is 4.39. The molecule has 14 heavy (non-hydrogen) atoms. The van der Waals surface area contributed by atoms with Gasteiger partial charge in [-0.2, -0.15) is 0 Å². The second-order valence-electron chi connectivity index (χ2n) is 3.00. The summed E-state index contributed by atoms with van der Waals surface area (Å²) in [7, 11) is 0. The largest absolute Gasteiger partial charge is 0.452 e. The van der Waals surface area contributed by atoms with E-state index < -0.39 is 6.29 Å². The van der Waals surface area contributed by atoms with Crippen LogP contribution in [0.5, 0.6) is 0 Å². The molecule has 0 aromatic heterocycles. The molecule has 0 bridgehead atoms. The van der Waals surface area contributed by atoms with Gasteiger partial charge in [-0.05, 0) is 5.56 Å². The van der Waals surface area contributed by atoms with Gasteiger partial charge in [-0.15, -0.1) is 0 Å². The molecule has 3 heteroatoms. The number of Topliss-reactive ketones (excluding diaryl/α,β-unsaturated/α-hetero) is 1.